The third-order valence-electron chi connectivity index (χ3n) is 11.4. The molecule has 0 unspecified atom stereocenters. The van der Waals surface area contributed by atoms with E-state index in [1.807, 2.05) is 0 Å². The van der Waals surface area contributed by atoms with Gasteiger partial charge in [-0.1, -0.05) is 0 Å². The van der Waals surface area contributed by atoms with Crippen molar-refractivity contribution in [3.05, 3.63) is 70.8 Å². The maximum absolute atomic E-state index is 14.9. The first-order valence-electron chi connectivity index (χ1n) is 23.2. The lowest BCUT2D eigenvalue weighted by Gasteiger charge is -2.30. The van der Waals surface area contributed by atoms with E-state index in [0.29, 0.717) is 4.90 Å². The smallest absolute Gasteiger partial charge is 0.252 e. The van der Waals surface area contributed by atoms with Crippen LogP contribution < -0.4 is 38.1 Å². The zero-order valence-corrected chi connectivity index (χ0v) is 40.1. The molecule has 0 bridgehead atoms. The number of benzene rings is 4. The number of carbonyl (C=O) groups excluding carboxylic acids is 7. The number of rotatable bonds is 26. The average molecular weight is 1050 g/mol. The third kappa shape index (κ3) is 16.2. The van der Waals surface area contributed by atoms with Gasteiger partial charge in [0.2, 0.25) is 5.91 Å². The first kappa shape index (κ1) is 58.5. The molecule has 7 amide bonds. The number of nitrogens with zero attached hydrogens (tertiary/aromatic N) is 1. The summed E-state index contributed by atoms with van der Waals surface area (Å²) in [5, 5.41) is 132. The number of hydrogen-bond acceptors (Lipinski definition) is 21. The minimum absolute atomic E-state index is 0.00696. The van der Waals surface area contributed by atoms with Gasteiger partial charge in [-0.25, -0.2) is 0 Å². The van der Waals surface area contributed by atoms with Crippen LogP contribution >= 0.6 is 0 Å². The number of carbonyl (C=O) groups is 7. The van der Waals surface area contributed by atoms with Crippen LogP contribution in [0.1, 0.15) is 99.2 Å². The van der Waals surface area contributed by atoms with Crippen molar-refractivity contribution >= 4 is 41.4 Å². The number of hydrogen-bond donors (Lipinski definition) is 19. The Balaban J connectivity index is 1.67. The first-order valence-corrected chi connectivity index (χ1v) is 23.2. The van der Waals surface area contributed by atoms with E-state index >= 15 is 0 Å². The van der Waals surface area contributed by atoms with Crippen molar-refractivity contribution in [2.45, 2.75) is 75.9 Å². The fourth-order valence-electron chi connectivity index (χ4n) is 7.29. The minimum Gasteiger partial charge on any atom is -0.504 e. The molecule has 0 aromatic heterocycles. The molecule has 27 heteroatoms. The third-order valence-corrected chi connectivity index (χ3v) is 11.4. The zero-order valence-electron chi connectivity index (χ0n) is 40.1. The normalized spacial score (nSPS) is 12.1. The molecule has 0 saturated heterocycles. The number of unbranched alkanes of at least 4 members (excludes halogenated alkanes) is 3. The number of nitrogens with two attached hydrogens (primary N) is 2. The summed E-state index contributed by atoms with van der Waals surface area (Å²) in [6, 6.07) is 2.37. The van der Waals surface area contributed by atoms with Gasteiger partial charge in [0.15, 0.2) is 69.0 Å². The summed E-state index contributed by atoms with van der Waals surface area (Å²) >= 11 is 0. The quantitative estimate of drug-likeness (QED) is 0.0294. The van der Waals surface area contributed by atoms with Gasteiger partial charge in [-0.2, -0.15) is 0 Å². The number of imide groups is 1. The number of phenolic OH excluding ortho intramolecular Hbond substituents is 12. The van der Waals surface area contributed by atoms with Crippen LogP contribution in [0.5, 0.6) is 69.0 Å². The molecular formula is C48H60N8O19. The molecule has 21 N–H and O–H groups in total. The molecule has 4 aromatic rings. The molecule has 3 atom stereocenters. The highest BCUT2D eigenvalue weighted by molar-refractivity contribution is 6.05. The molecule has 0 fully saturated rings. The molecular weight excluding hydrogens is 993 g/mol. The Morgan fingerprint density at radius 2 is 0.720 bits per heavy atom. The predicted molar refractivity (Wildman–Crippen MR) is 261 cm³/mol. The molecule has 0 heterocycles. The Bertz CT molecular complexity index is 2500. The lowest BCUT2D eigenvalue weighted by atomic mass is 10.0. The fourth-order valence-corrected chi connectivity index (χ4v) is 7.29. The first-order chi connectivity index (χ1) is 35.4. The van der Waals surface area contributed by atoms with Crippen molar-refractivity contribution in [3.8, 4) is 69.0 Å². The molecule has 27 nitrogen and oxygen atoms in total. The minimum atomic E-state index is -1.65. The lowest BCUT2D eigenvalue weighted by molar-refractivity contribution is -0.147. The maximum Gasteiger partial charge on any atom is 0.252 e. The van der Waals surface area contributed by atoms with Gasteiger partial charge >= 0.3 is 0 Å². The van der Waals surface area contributed by atoms with Crippen molar-refractivity contribution in [1.29, 1.82) is 0 Å². The highest BCUT2D eigenvalue weighted by atomic mass is 16.3. The second-order valence-electron chi connectivity index (χ2n) is 17.0. The van der Waals surface area contributed by atoms with E-state index in [1.54, 1.807) is 0 Å². The lowest BCUT2D eigenvalue weighted by Crippen LogP contribution is -2.56. The van der Waals surface area contributed by atoms with Crippen LogP contribution in [-0.2, 0) is 14.4 Å². The summed E-state index contributed by atoms with van der Waals surface area (Å²) in [7, 11) is 0. The molecule has 0 radical (unpaired) electrons. The summed E-state index contributed by atoms with van der Waals surface area (Å²) in [4.78, 5) is 96.1. The Hall–Kier alpha value is -9.11. The van der Waals surface area contributed by atoms with E-state index in [-0.39, 0.29) is 95.1 Å². The van der Waals surface area contributed by atoms with Crippen LogP contribution in [-0.4, -0.2) is 158 Å². The average Bonchev–Trinajstić information content (AvgIpc) is 3.37. The van der Waals surface area contributed by atoms with E-state index in [4.69, 9.17) is 11.5 Å². The van der Waals surface area contributed by atoms with Crippen molar-refractivity contribution < 1.29 is 94.8 Å². The summed E-state index contributed by atoms with van der Waals surface area (Å²) in [5.41, 5.74) is 10.2. The van der Waals surface area contributed by atoms with Crippen LogP contribution in [0.15, 0.2) is 48.5 Å². The van der Waals surface area contributed by atoms with Gasteiger partial charge in [-0.05, 0) is 106 Å². The van der Waals surface area contributed by atoms with Gasteiger partial charge in [0.25, 0.3) is 35.4 Å². The molecule has 4 aromatic carbocycles. The second-order valence-corrected chi connectivity index (χ2v) is 17.0. The van der Waals surface area contributed by atoms with Crippen LogP contribution in [0.2, 0.25) is 0 Å². The maximum atomic E-state index is 14.9. The van der Waals surface area contributed by atoms with E-state index in [1.165, 1.54) is 0 Å². The topological polar surface area (TPSA) is 478 Å². The Morgan fingerprint density at radius 1 is 0.413 bits per heavy atom. The number of amides is 7. The largest absolute Gasteiger partial charge is 0.504 e. The summed E-state index contributed by atoms with van der Waals surface area (Å²) < 4.78 is 0. The summed E-state index contributed by atoms with van der Waals surface area (Å²) in [6.07, 6.45) is -0.266. The van der Waals surface area contributed by atoms with Gasteiger partial charge in [0.05, 0.1) is 6.04 Å². The Labute approximate surface area is 426 Å². The molecule has 4 rings (SSSR count). The Kier molecular flexibility index (Phi) is 21.1. The highest BCUT2D eigenvalue weighted by Crippen LogP contribution is 2.38. The van der Waals surface area contributed by atoms with Gasteiger partial charge in [-0.15, -0.1) is 0 Å². The van der Waals surface area contributed by atoms with Crippen LogP contribution in [0.25, 0.3) is 0 Å². The van der Waals surface area contributed by atoms with E-state index in [9.17, 15) is 94.8 Å². The number of phenols is 12. The zero-order chi connectivity index (χ0) is 55.7. The van der Waals surface area contributed by atoms with Crippen molar-refractivity contribution in [2.24, 2.45) is 11.5 Å². The van der Waals surface area contributed by atoms with E-state index in [0.717, 1.165) is 48.5 Å². The Morgan fingerprint density at radius 3 is 1.04 bits per heavy atom. The van der Waals surface area contributed by atoms with Gasteiger partial charge in [0, 0.05) is 55.0 Å². The van der Waals surface area contributed by atoms with E-state index < -0.39 is 146 Å². The number of nitrogens with one attached hydrogen (secondary N) is 5. The molecule has 406 valence electrons. The molecule has 0 aliphatic carbocycles. The molecule has 0 spiro atoms. The van der Waals surface area contributed by atoms with E-state index in [2.05, 4.69) is 26.6 Å². The van der Waals surface area contributed by atoms with Crippen molar-refractivity contribution in [3.63, 3.8) is 0 Å². The van der Waals surface area contributed by atoms with Gasteiger partial charge < -0.3 is 99.3 Å². The summed E-state index contributed by atoms with van der Waals surface area (Å²) in [6.45, 7) is -0.383. The monoisotopic (exact) mass is 1050 g/mol. The van der Waals surface area contributed by atoms with Gasteiger partial charge in [0.1, 0.15) is 12.1 Å². The molecule has 0 aliphatic rings. The van der Waals surface area contributed by atoms with Gasteiger partial charge in [-0.3, -0.25) is 38.5 Å². The second kappa shape index (κ2) is 27.1. The fraction of sp³-hybridized carbons (Fsp3) is 0.354. The molecule has 0 aliphatic heterocycles. The highest BCUT2D eigenvalue weighted by Gasteiger charge is 2.35. The predicted octanol–water partition coefficient (Wildman–Crippen LogP) is 0.179. The van der Waals surface area contributed by atoms with Crippen LogP contribution in [0.3, 0.4) is 0 Å². The SMILES string of the molecule is NCCNC(=O)[C@@H](N)CCCCN(C(=O)[C@H](CCCCNC(=O)c1cc(O)c(O)c(O)c1)NC(=O)c1cc(O)c(O)c(O)c1)C(=O)[C@H](CCCCNC(=O)c1cc(O)c(O)c(O)c1)NC(=O)c1cc(O)c(O)c(O)c1. The van der Waals surface area contributed by atoms with Crippen LogP contribution in [0, 0.1) is 0 Å². The van der Waals surface area contributed by atoms with Crippen LogP contribution in [0.4, 0.5) is 0 Å². The molecule has 75 heavy (non-hydrogen) atoms. The number of aromatic hydroxyl groups is 12. The van der Waals surface area contributed by atoms with Crippen molar-refractivity contribution in [2.75, 3.05) is 32.7 Å². The van der Waals surface area contributed by atoms with Crippen molar-refractivity contribution in [1.82, 2.24) is 31.5 Å². The summed E-state index contributed by atoms with van der Waals surface area (Å²) in [5.74, 6) is -16.8. The molecule has 0 saturated carbocycles. The standard InChI is InChI=1S/C48H60N8O19/c49-10-13-53-46(73)27(50)7-3-6-14-56(47(74)28(54-44(71)25-19-34(61)40(67)35(62)20-25)8-1-4-11-51-42(69)23-15-30(57)38(65)31(58)16-23)48(75)29(55-45(72)26-21-36(63)41(68)37(64)22-26)9-2-5-12-52-43(70)24-17-32(59)39(66)33(60)18-24/h15-22,27-29,57-68H,1-14,49-50H2,(H,51,69)(H,52,70)(H,53,73)(H,54,71)(H,55,72)/t27-,28-,29-/m0/s1.